The van der Waals surface area contributed by atoms with Crippen LogP contribution in [0.25, 0.3) is 16.9 Å². The van der Waals surface area contributed by atoms with Crippen LogP contribution in [0.1, 0.15) is 5.69 Å². The second-order valence-electron chi connectivity index (χ2n) is 4.90. The third-order valence-electron chi connectivity index (χ3n) is 3.53. The van der Waals surface area contributed by atoms with E-state index in [4.69, 9.17) is 4.74 Å². The molecule has 0 radical (unpaired) electrons. The molecule has 1 heterocycles. The van der Waals surface area contributed by atoms with Gasteiger partial charge in [-0.15, -0.1) is 0 Å². The van der Waals surface area contributed by atoms with Crippen molar-refractivity contribution in [2.24, 2.45) is 0 Å². The molecule has 3 rings (SSSR count). The first-order chi connectivity index (χ1) is 10.2. The van der Waals surface area contributed by atoms with Gasteiger partial charge in [0.15, 0.2) is 0 Å². The van der Waals surface area contributed by atoms with Gasteiger partial charge in [-0.25, -0.2) is 4.39 Å². The molecule has 0 fully saturated rings. The first-order valence-corrected chi connectivity index (χ1v) is 6.78. The quantitative estimate of drug-likeness (QED) is 0.684. The summed E-state index contributed by atoms with van der Waals surface area (Å²) < 4.78 is 20.5. The molecule has 0 atom stereocenters. The van der Waals surface area contributed by atoms with Gasteiger partial charge < -0.3 is 9.30 Å². The highest BCUT2D eigenvalue weighted by Gasteiger charge is 2.10. The van der Waals surface area contributed by atoms with Gasteiger partial charge in [0.05, 0.1) is 12.8 Å². The molecule has 21 heavy (non-hydrogen) atoms. The maximum atomic E-state index is 13.1. The lowest BCUT2D eigenvalue weighted by molar-refractivity contribution is 0.414. The number of ether oxygens (including phenoxy) is 1. The van der Waals surface area contributed by atoms with Crippen molar-refractivity contribution >= 4 is 0 Å². The fourth-order valence-corrected chi connectivity index (χ4v) is 2.48. The number of methoxy groups -OCH3 is 1. The summed E-state index contributed by atoms with van der Waals surface area (Å²) in [6.07, 6.45) is 0. The van der Waals surface area contributed by atoms with Crippen LogP contribution < -0.4 is 4.74 Å². The lowest BCUT2D eigenvalue weighted by Crippen LogP contribution is -1.99. The number of hydrogen-bond acceptors (Lipinski definition) is 1. The Kier molecular flexibility index (Phi) is 3.48. The first kappa shape index (κ1) is 13.4. The van der Waals surface area contributed by atoms with E-state index in [1.165, 1.54) is 12.1 Å². The van der Waals surface area contributed by atoms with Crippen LogP contribution in [-0.2, 0) is 0 Å². The first-order valence-electron chi connectivity index (χ1n) is 6.78. The Balaban J connectivity index is 2.14. The molecule has 0 saturated carbocycles. The normalized spacial score (nSPS) is 10.6. The molecule has 3 heteroatoms. The van der Waals surface area contributed by atoms with Gasteiger partial charge in [0.1, 0.15) is 11.6 Å². The lowest BCUT2D eigenvalue weighted by Gasteiger charge is -2.13. The van der Waals surface area contributed by atoms with Crippen molar-refractivity contribution in [3.63, 3.8) is 0 Å². The molecule has 0 amide bonds. The van der Waals surface area contributed by atoms with Crippen molar-refractivity contribution < 1.29 is 9.13 Å². The number of nitrogens with zero attached hydrogens (tertiary/aromatic N) is 1. The molecule has 0 saturated heterocycles. The Bertz CT molecular complexity index is 759. The number of rotatable bonds is 3. The van der Waals surface area contributed by atoms with Crippen molar-refractivity contribution in [2.45, 2.75) is 6.92 Å². The number of benzene rings is 2. The van der Waals surface area contributed by atoms with E-state index in [0.717, 1.165) is 28.4 Å². The van der Waals surface area contributed by atoms with Gasteiger partial charge in [0.2, 0.25) is 0 Å². The molecule has 2 nitrogen and oxygen atoms in total. The molecular formula is C18H16FNO. The standard InChI is InChI=1S/C18H16FNO/c1-13-6-11-18(14-7-9-15(19)10-8-14)20(13)16-4-3-5-17(12-16)21-2/h3-12H,1-2H3. The molecule has 0 spiro atoms. The number of halogens is 1. The third-order valence-corrected chi connectivity index (χ3v) is 3.53. The van der Waals surface area contributed by atoms with Gasteiger partial charge >= 0.3 is 0 Å². The zero-order valence-corrected chi connectivity index (χ0v) is 12.0. The minimum Gasteiger partial charge on any atom is -0.497 e. The molecule has 2 aromatic carbocycles. The topological polar surface area (TPSA) is 14.2 Å². The van der Waals surface area contributed by atoms with E-state index in [2.05, 4.69) is 10.6 Å². The van der Waals surface area contributed by atoms with Crippen molar-refractivity contribution in [1.29, 1.82) is 0 Å². The highest BCUT2D eigenvalue weighted by atomic mass is 19.1. The van der Waals surface area contributed by atoms with E-state index in [1.807, 2.05) is 37.3 Å². The summed E-state index contributed by atoms with van der Waals surface area (Å²) in [5.41, 5.74) is 4.15. The second kappa shape index (κ2) is 5.44. The summed E-state index contributed by atoms with van der Waals surface area (Å²) in [5.74, 6) is 0.584. The fourth-order valence-electron chi connectivity index (χ4n) is 2.48. The number of aromatic nitrogens is 1. The molecule has 0 aliphatic carbocycles. The Morgan fingerprint density at radius 2 is 1.71 bits per heavy atom. The molecule has 1 aromatic heterocycles. The van der Waals surface area contributed by atoms with Gasteiger partial charge in [0.25, 0.3) is 0 Å². The van der Waals surface area contributed by atoms with Crippen molar-refractivity contribution in [3.8, 4) is 22.7 Å². The van der Waals surface area contributed by atoms with Crippen LogP contribution in [0, 0.1) is 12.7 Å². The predicted molar refractivity (Wildman–Crippen MR) is 82.5 cm³/mol. The van der Waals surface area contributed by atoms with Crippen LogP contribution in [0.3, 0.4) is 0 Å². The zero-order chi connectivity index (χ0) is 14.8. The highest BCUT2D eigenvalue weighted by molar-refractivity contribution is 5.64. The SMILES string of the molecule is COc1cccc(-n2c(C)ccc2-c2ccc(F)cc2)c1. The van der Waals surface area contributed by atoms with Crippen LogP contribution >= 0.6 is 0 Å². The molecular weight excluding hydrogens is 265 g/mol. The van der Waals surface area contributed by atoms with Crippen LogP contribution in [0.5, 0.6) is 5.75 Å². The summed E-state index contributed by atoms with van der Waals surface area (Å²) in [7, 11) is 1.66. The average molecular weight is 281 g/mol. The second-order valence-corrected chi connectivity index (χ2v) is 4.90. The minimum atomic E-state index is -0.227. The summed E-state index contributed by atoms with van der Waals surface area (Å²) in [6.45, 7) is 2.05. The summed E-state index contributed by atoms with van der Waals surface area (Å²) in [6, 6.07) is 18.5. The van der Waals surface area contributed by atoms with E-state index in [1.54, 1.807) is 19.2 Å². The highest BCUT2D eigenvalue weighted by Crippen LogP contribution is 2.28. The van der Waals surface area contributed by atoms with E-state index in [9.17, 15) is 4.39 Å². The molecule has 3 aromatic rings. The molecule has 0 unspecified atom stereocenters. The minimum absolute atomic E-state index is 0.227. The third kappa shape index (κ3) is 2.55. The summed E-state index contributed by atoms with van der Waals surface area (Å²) >= 11 is 0. The van der Waals surface area contributed by atoms with Gasteiger partial charge in [-0.3, -0.25) is 0 Å². The van der Waals surface area contributed by atoms with Crippen LogP contribution in [0.4, 0.5) is 4.39 Å². The van der Waals surface area contributed by atoms with Gasteiger partial charge in [-0.1, -0.05) is 6.07 Å². The van der Waals surface area contributed by atoms with Crippen LogP contribution in [-0.4, -0.2) is 11.7 Å². The Hall–Kier alpha value is -2.55. The predicted octanol–water partition coefficient (Wildman–Crippen LogP) is 4.60. The number of hydrogen-bond donors (Lipinski definition) is 0. The van der Waals surface area contributed by atoms with Crippen molar-refractivity contribution in [1.82, 2.24) is 4.57 Å². The van der Waals surface area contributed by atoms with Crippen molar-refractivity contribution in [2.75, 3.05) is 7.11 Å². The maximum absolute atomic E-state index is 13.1. The van der Waals surface area contributed by atoms with E-state index >= 15 is 0 Å². The monoisotopic (exact) mass is 281 g/mol. The van der Waals surface area contributed by atoms with E-state index in [-0.39, 0.29) is 5.82 Å². The Labute approximate surface area is 123 Å². The summed E-state index contributed by atoms with van der Waals surface area (Å²) in [4.78, 5) is 0. The van der Waals surface area contributed by atoms with Gasteiger partial charge in [-0.2, -0.15) is 0 Å². The Morgan fingerprint density at radius 3 is 2.43 bits per heavy atom. The zero-order valence-electron chi connectivity index (χ0n) is 12.0. The maximum Gasteiger partial charge on any atom is 0.123 e. The number of aryl methyl sites for hydroxylation is 1. The van der Waals surface area contributed by atoms with E-state index in [0.29, 0.717) is 0 Å². The smallest absolute Gasteiger partial charge is 0.123 e. The Morgan fingerprint density at radius 1 is 0.952 bits per heavy atom. The summed E-state index contributed by atoms with van der Waals surface area (Å²) in [5, 5.41) is 0. The van der Waals surface area contributed by atoms with Crippen molar-refractivity contribution in [3.05, 3.63) is 72.2 Å². The molecule has 0 aliphatic heterocycles. The molecule has 0 bridgehead atoms. The average Bonchev–Trinajstić information content (AvgIpc) is 2.90. The van der Waals surface area contributed by atoms with Crippen LogP contribution in [0.15, 0.2) is 60.7 Å². The fraction of sp³-hybridized carbons (Fsp3) is 0.111. The van der Waals surface area contributed by atoms with E-state index < -0.39 is 0 Å². The largest absolute Gasteiger partial charge is 0.497 e. The molecule has 0 aliphatic rings. The van der Waals surface area contributed by atoms with Crippen LogP contribution in [0.2, 0.25) is 0 Å². The molecule has 106 valence electrons. The van der Waals surface area contributed by atoms with Gasteiger partial charge in [-0.05, 0) is 61.0 Å². The lowest BCUT2D eigenvalue weighted by atomic mass is 10.1. The molecule has 0 N–H and O–H groups in total. The van der Waals surface area contributed by atoms with Gasteiger partial charge in [0, 0.05) is 17.4 Å².